The monoisotopic (exact) mass is 190 g/mol. The van der Waals surface area contributed by atoms with E-state index in [0.29, 0.717) is 0 Å². The molecule has 6 heteroatoms. The van der Waals surface area contributed by atoms with Crippen LogP contribution in [0.4, 0.5) is 9.05 Å². The zero-order valence-corrected chi connectivity index (χ0v) is 6.16. The van der Waals surface area contributed by atoms with Crippen LogP contribution in [0.1, 0.15) is 10.4 Å². The third kappa shape index (κ3) is 1.84. The van der Waals surface area contributed by atoms with Crippen molar-refractivity contribution in [3.05, 3.63) is 23.8 Å². The lowest BCUT2D eigenvalue weighted by Crippen LogP contribution is -1.99. The molecule has 0 bridgehead atoms. The Labute approximate surface area is 71.1 Å². The summed E-state index contributed by atoms with van der Waals surface area (Å²) >= 11 is 0. The van der Waals surface area contributed by atoms with Crippen molar-refractivity contribution in [2.24, 2.45) is 0 Å². The predicted molar refractivity (Wildman–Crippen MR) is 36.4 cm³/mol. The molecule has 1 rings (SSSR count). The van der Waals surface area contributed by atoms with Crippen molar-refractivity contribution in [2.45, 2.75) is 0 Å². The van der Waals surface area contributed by atoms with Crippen LogP contribution in [0.3, 0.4) is 0 Å². The highest BCUT2D eigenvalue weighted by Crippen LogP contribution is 2.23. The van der Waals surface area contributed by atoms with Crippen molar-refractivity contribution in [3.63, 3.8) is 0 Å². The van der Waals surface area contributed by atoms with Gasteiger partial charge in [0.05, 0.1) is 0 Å². The van der Waals surface area contributed by atoms with E-state index in [4.69, 9.17) is 5.11 Å². The number of rotatable bonds is 2. The molecule has 13 heavy (non-hydrogen) atoms. The molecule has 0 unspecified atom stereocenters. The third-order valence-corrected chi connectivity index (χ3v) is 1.35. The third-order valence-electron chi connectivity index (χ3n) is 1.35. The van der Waals surface area contributed by atoms with Crippen LogP contribution < -0.4 is 4.94 Å². The van der Waals surface area contributed by atoms with E-state index < -0.39 is 17.3 Å². The predicted octanol–water partition coefficient (Wildman–Crippen LogP) is 1.70. The summed E-state index contributed by atoms with van der Waals surface area (Å²) in [5, 5.41) is 8.99. The maximum Gasteiger partial charge on any atom is 0.383 e. The van der Waals surface area contributed by atoms with Gasteiger partial charge in [-0.05, 0) is 12.1 Å². The smallest absolute Gasteiger partial charge is 0.383 e. The molecule has 0 fully saturated rings. The van der Waals surface area contributed by atoms with E-state index in [0.717, 1.165) is 18.2 Å². The first-order valence-electron chi connectivity index (χ1n) is 3.13. The van der Waals surface area contributed by atoms with Gasteiger partial charge in [-0.15, -0.1) is 0 Å². The molecule has 0 aliphatic carbocycles. The van der Waals surface area contributed by atoms with E-state index in [-0.39, 0.29) is 5.75 Å². The molecule has 0 aromatic heterocycles. The first kappa shape index (κ1) is 9.24. The molecule has 0 aliphatic rings. The van der Waals surface area contributed by atoms with Crippen molar-refractivity contribution in [1.29, 1.82) is 0 Å². The zero-order valence-electron chi connectivity index (χ0n) is 6.16. The fraction of sp³-hybridized carbons (Fsp3) is 0. The molecule has 4 nitrogen and oxygen atoms in total. The second kappa shape index (κ2) is 3.70. The zero-order chi connectivity index (χ0) is 9.84. The normalized spacial score (nSPS) is 9.38. The number of phenols is 1. The minimum atomic E-state index is -1.42. The van der Waals surface area contributed by atoms with Crippen LogP contribution in [-0.2, 0) is 4.94 Å². The second-order valence-corrected chi connectivity index (χ2v) is 2.12. The Hall–Kier alpha value is -1.85. The first-order valence-corrected chi connectivity index (χ1v) is 3.13. The Morgan fingerprint density at radius 3 is 2.62 bits per heavy atom. The second-order valence-electron chi connectivity index (χ2n) is 2.12. The average molecular weight is 190 g/mol. The van der Waals surface area contributed by atoms with Gasteiger partial charge in [-0.2, -0.15) is 0 Å². The summed E-state index contributed by atoms with van der Waals surface area (Å²) < 4.78 is 23.0. The summed E-state index contributed by atoms with van der Waals surface area (Å²) in [6.07, 6.45) is 0. The maximum atomic E-state index is 11.6. The number of benzene rings is 1. The molecule has 0 saturated carbocycles. The molecule has 0 saturated heterocycles. The van der Waals surface area contributed by atoms with Crippen molar-refractivity contribution < 1.29 is 28.8 Å². The van der Waals surface area contributed by atoms with Gasteiger partial charge in [-0.25, -0.2) is 9.74 Å². The van der Waals surface area contributed by atoms with Crippen LogP contribution in [0.2, 0.25) is 0 Å². The van der Waals surface area contributed by atoms with Crippen molar-refractivity contribution in [2.75, 3.05) is 0 Å². The van der Waals surface area contributed by atoms with Crippen LogP contribution >= 0.6 is 0 Å². The molecule has 0 aliphatic heterocycles. The van der Waals surface area contributed by atoms with Gasteiger partial charge in [0.2, 0.25) is 0 Å². The Kier molecular flexibility index (Phi) is 2.63. The van der Waals surface area contributed by atoms with Crippen LogP contribution in [0.15, 0.2) is 18.2 Å². The fourth-order valence-electron chi connectivity index (χ4n) is 0.768. The number of carbonyl (C=O) groups excluding carboxylic acids is 1. The van der Waals surface area contributed by atoms with E-state index in [9.17, 15) is 13.8 Å². The van der Waals surface area contributed by atoms with Gasteiger partial charge in [0, 0.05) is 15.1 Å². The van der Waals surface area contributed by atoms with E-state index in [1.165, 1.54) is 0 Å². The lowest BCUT2D eigenvalue weighted by atomic mass is 10.2. The summed E-state index contributed by atoms with van der Waals surface area (Å²) in [4.78, 5) is 16.7. The minimum absolute atomic E-state index is 0.335. The van der Waals surface area contributed by atoms with Gasteiger partial charge in [0.25, 0.3) is 0 Å². The Balaban J connectivity index is 3.11. The van der Waals surface area contributed by atoms with E-state index in [1.807, 2.05) is 0 Å². The van der Waals surface area contributed by atoms with Crippen LogP contribution in [0.25, 0.3) is 0 Å². The number of carbonyl (C=O) groups is 1. The van der Waals surface area contributed by atoms with Crippen molar-refractivity contribution in [3.8, 4) is 11.5 Å². The fourth-order valence-corrected chi connectivity index (χ4v) is 0.768. The van der Waals surface area contributed by atoms with E-state index in [2.05, 4.69) is 9.88 Å². The molecule has 0 spiro atoms. The van der Waals surface area contributed by atoms with Gasteiger partial charge in [-0.3, -0.25) is 4.94 Å². The van der Waals surface area contributed by atoms with Gasteiger partial charge >= 0.3 is 5.97 Å². The Bertz CT molecular complexity index is 326. The standard InChI is InChI=1S/C7H4F2O4/c8-12-4-1-2-6(10)5(3-4)7(11)13-9/h1-3,10H. The maximum absolute atomic E-state index is 11.6. The first-order chi connectivity index (χ1) is 6.19. The van der Waals surface area contributed by atoms with E-state index >= 15 is 0 Å². The summed E-state index contributed by atoms with van der Waals surface area (Å²) in [6.45, 7) is 0. The summed E-state index contributed by atoms with van der Waals surface area (Å²) in [6, 6.07) is 2.84. The highest BCUT2D eigenvalue weighted by Gasteiger charge is 2.14. The lowest BCUT2D eigenvalue weighted by molar-refractivity contribution is -0.0790. The van der Waals surface area contributed by atoms with Crippen LogP contribution in [-0.4, -0.2) is 11.1 Å². The van der Waals surface area contributed by atoms with Crippen LogP contribution in [0.5, 0.6) is 11.5 Å². The molecule has 70 valence electrons. The lowest BCUT2D eigenvalue weighted by Gasteiger charge is -2.00. The molecule has 0 amide bonds. The van der Waals surface area contributed by atoms with Crippen molar-refractivity contribution in [1.82, 2.24) is 0 Å². The highest BCUT2D eigenvalue weighted by atomic mass is 19.3. The highest BCUT2D eigenvalue weighted by molar-refractivity contribution is 5.92. The molecule has 0 radical (unpaired) electrons. The SMILES string of the molecule is O=C(OF)c1cc(OF)ccc1O. The largest absolute Gasteiger partial charge is 0.507 e. The molecular weight excluding hydrogens is 186 g/mol. The molecule has 0 heterocycles. The van der Waals surface area contributed by atoms with Gasteiger partial charge < -0.3 is 5.11 Å². The molecule has 1 aromatic rings. The number of hydrogen-bond donors (Lipinski definition) is 1. The van der Waals surface area contributed by atoms with E-state index in [1.54, 1.807) is 0 Å². The van der Waals surface area contributed by atoms with Gasteiger partial charge in [0.15, 0.2) is 5.75 Å². The van der Waals surface area contributed by atoms with Crippen molar-refractivity contribution >= 4 is 5.97 Å². The molecular formula is C7H4F2O4. The number of phenolic OH excluding ortho intramolecular Hbond substituents is 1. The number of aromatic hydroxyl groups is 1. The number of halogens is 2. The van der Waals surface area contributed by atoms with Gasteiger partial charge in [0.1, 0.15) is 11.3 Å². The number of hydrogen-bond acceptors (Lipinski definition) is 4. The minimum Gasteiger partial charge on any atom is -0.507 e. The molecule has 0 atom stereocenters. The van der Waals surface area contributed by atoms with Crippen LogP contribution in [0, 0.1) is 0 Å². The topological polar surface area (TPSA) is 55.8 Å². The molecule has 1 aromatic carbocycles. The quantitative estimate of drug-likeness (QED) is 0.770. The Morgan fingerprint density at radius 2 is 2.08 bits per heavy atom. The molecule has 1 N–H and O–H groups in total. The summed E-state index contributed by atoms with van der Waals surface area (Å²) in [7, 11) is 0. The van der Waals surface area contributed by atoms with Gasteiger partial charge in [-0.1, -0.05) is 0 Å². The average Bonchev–Trinajstić information content (AvgIpc) is 2.17. The Morgan fingerprint density at radius 1 is 1.38 bits per heavy atom. The summed E-state index contributed by atoms with van der Waals surface area (Å²) in [5.41, 5.74) is -0.516. The summed E-state index contributed by atoms with van der Waals surface area (Å²) in [5.74, 6) is -2.28.